The number of nitrogens with zero attached hydrogens (tertiary/aromatic N) is 2. The van der Waals surface area contributed by atoms with E-state index in [1.165, 1.54) is 71.7 Å². The molecule has 0 spiro atoms. The number of benzene rings is 5. The molecule has 0 amide bonds. The smallest absolute Gasteiger partial charge is 0.0599 e. The van der Waals surface area contributed by atoms with Gasteiger partial charge in [0.2, 0.25) is 0 Å². The molecule has 0 N–H and O–H groups in total. The highest BCUT2D eigenvalue weighted by Gasteiger charge is 2.29. The average Bonchev–Trinajstić information content (AvgIpc) is 3.41. The second-order valence-corrected chi connectivity index (χ2v) is 11.7. The van der Waals surface area contributed by atoms with E-state index < -0.39 is 0 Å². The standard InChI is InChI=1S/C36H32N2/c1-23-14-18-25(19-15-23)37-31-12-8-6-10-27(31)29-22-30-28-11-7-9-13-32(28)38(26-20-16-24(2)17-21-26)35(30)33(34(29)37)36(3,4)5/h6-22H,1-5H3. The van der Waals surface area contributed by atoms with Crippen molar-refractivity contribution in [2.24, 2.45) is 0 Å². The van der Waals surface area contributed by atoms with Crippen LogP contribution in [0.4, 0.5) is 0 Å². The van der Waals surface area contributed by atoms with Crippen molar-refractivity contribution in [3.63, 3.8) is 0 Å². The van der Waals surface area contributed by atoms with Gasteiger partial charge in [-0.3, -0.25) is 0 Å². The summed E-state index contributed by atoms with van der Waals surface area (Å²) in [7, 11) is 0. The fraction of sp³-hybridized carbons (Fsp3) is 0.167. The predicted molar refractivity (Wildman–Crippen MR) is 163 cm³/mol. The molecule has 0 aliphatic carbocycles. The van der Waals surface area contributed by atoms with Crippen LogP contribution in [0.25, 0.3) is 55.0 Å². The Balaban J connectivity index is 1.79. The Morgan fingerprint density at radius 2 is 0.868 bits per heavy atom. The Morgan fingerprint density at radius 3 is 1.26 bits per heavy atom. The zero-order chi connectivity index (χ0) is 26.2. The molecule has 0 aliphatic rings. The molecule has 2 aromatic heterocycles. The van der Waals surface area contributed by atoms with Crippen molar-refractivity contribution in [1.82, 2.24) is 9.13 Å². The van der Waals surface area contributed by atoms with Crippen molar-refractivity contribution in [1.29, 1.82) is 0 Å². The summed E-state index contributed by atoms with van der Waals surface area (Å²) in [6, 6.07) is 38.1. The van der Waals surface area contributed by atoms with Gasteiger partial charge in [0.1, 0.15) is 0 Å². The number of hydrogen-bond acceptors (Lipinski definition) is 0. The first-order valence-corrected chi connectivity index (χ1v) is 13.5. The van der Waals surface area contributed by atoms with Gasteiger partial charge in [-0.25, -0.2) is 0 Å². The van der Waals surface area contributed by atoms with E-state index in [0.29, 0.717) is 0 Å². The zero-order valence-corrected chi connectivity index (χ0v) is 22.7. The summed E-state index contributed by atoms with van der Waals surface area (Å²) < 4.78 is 4.97. The molecule has 5 aromatic carbocycles. The van der Waals surface area contributed by atoms with Crippen molar-refractivity contribution in [3.8, 4) is 11.4 Å². The maximum Gasteiger partial charge on any atom is 0.0599 e. The van der Waals surface area contributed by atoms with Gasteiger partial charge in [0.25, 0.3) is 0 Å². The third-order valence-electron chi connectivity index (χ3n) is 7.92. The van der Waals surface area contributed by atoms with E-state index in [-0.39, 0.29) is 5.41 Å². The number of hydrogen-bond donors (Lipinski definition) is 0. The molecule has 0 aliphatic heterocycles. The maximum absolute atomic E-state index is 2.49. The first-order valence-electron chi connectivity index (χ1n) is 13.5. The lowest BCUT2D eigenvalue weighted by atomic mass is 9.83. The van der Waals surface area contributed by atoms with Gasteiger partial charge >= 0.3 is 0 Å². The average molecular weight is 493 g/mol. The Kier molecular flexibility index (Phi) is 4.87. The van der Waals surface area contributed by atoms with E-state index in [2.05, 4.69) is 147 Å². The monoisotopic (exact) mass is 492 g/mol. The Morgan fingerprint density at radius 1 is 0.474 bits per heavy atom. The molecule has 0 bridgehead atoms. The molecule has 0 radical (unpaired) electrons. The Hall–Kier alpha value is -4.30. The molecule has 2 nitrogen and oxygen atoms in total. The summed E-state index contributed by atoms with van der Waals surface area (Å²) in [5.41, 5.74) is 11.3. The van der Waals surface area contributed by atoms with Gasteiger partial charge in [-0.15, -0.1) is 0 Å². The highest BCUT2D eigenvalue weighted by atomic mass is 15.0. The molecule has 0 fully saturated rings. The molecule has 0 saturated heterocycles. The summed E-state index contributed by atoms with van der Waals surface area (Å²) in [5, 5.41) is 5.21. The minimum Gasteiger partial charge on any atom is -0.309 e. The fourth-order valence-electron chi connectivity index (χ4n) is 6.21. The predicted octanol–water partition coefficient (Wildman–Crippen LogP) is 9.80. The lowest BCUT2D eigenvalue weighted by molar-refractivity contribution is 0.597. The summed E-state index contributed by atoms with van der Waals surface area (Å²) in [6.07, 6.45) is 0. The molecule has 2 heterocycles. The lowest BCUT2D eigenvalue weighted by Crippen LogP contribution is -2.15. The van der Waals surface area contributed by atoms with Crippen LogP contribution in [-0.4, -0.2) is 9.13 Å². The van der Waals surface area contributed by atoms with E-state index in [4.69, 9.17) is 0 Å². The third-order valence-corrected chi connectivity index (χ3v) is 7.92. The minimum absolute atomic E-state index is 0.106. The van der Waals surface area contributed by atoms with E-state index in [1.807, 2.05) is 0 Å². The van der Waals surface area contributed by atoms with Crippen molar-refractivity contribution < 1.29 is 0 Å². The van der Waals surface area contributed by atoms with Crippen LogP contribution in [0.1, 0.15) is 37.5 Å². The SMILES string of the molecule is Cc1ccc(-n2c3ccccc3c3cc4c5ccccc5n(-c5ccc(C)cc5)c4c(C(C)(C)C)c32)cc1. The summed E-state index contributed by atoms with van der Waals surface area (Å²) in [6.45, 7) is 11.4. The summed E-state index contributed by atoms with van der Waals surface area (Å²) in [4.78, 5) is 0. The van der Waals surface area contributed by atoms with E-state index in [9.17, 15) is 0 Å². The van der Waals surface area contributed by atoms with Crippen molar-refractivity contribution in [2.75, 3.05) is 0 Å². The molecule has 0 atom stereocenters. The van der Waals surface area contributed by atoms with Gasteiger partial charge in [-0.1, -0.05) is 92.6 Å². The second-order valence-electron chi connectivity index (χ2n) is 11.7. The van der Waals surface area contributed by atoms with E-state index in [0.717, 1.165) is 0 Å². The highest BCUT2D eigenvalue weighted by Crippen LogP contribution is 2.46. The molecule has 0 unspecified atom stereocenters. The van der Waals surface area contributed by atoms with Crippen molar-refractivity contribution in [2.45, 2.75) is 40.0 Å². The summed E-state index contributed by atoms with van der Waals surface area (Å²) in [5.74, 6) is 0. The number of rotatable bonds is 2. The van der Waals surface area contributed by atoms with Crippen molar-refractivity contribution >= 4 is 43.6 Å². The molecule has 38 heavy (non-hydrogen) atoms. The minimum atomic E-state index is -0.106. The largest absolute Gasteiger partial charge is 0.309 e. The number of para-hydroxylation sites is 2. The van der Waals surface area contributed by atoms with Gasteiger partial charge in [-0.2, -0.15) is 0 Å². The highest BCUT2D eigenvalue weighted by molar-refractivity contribution is 6.21. The van der Waals surface area contributed by atoms with Crippen LogP contribution in [-0.2, 0) is 5.41 Å². The summed E-state index contributed by atoms with van der Waals surface area (Å²) >= 11 is 0. The van der Waals surface area contributed by atoms with Gasteiger partial charge in [-0.05, 0) is 61.7 Å². The van der Waals surface area contributed by atoms with Crippen LogP contribution in [0, 0.1) is 13.8 Å². The van der Waals surface area contributed by atoms with Gasteiger partial charge < -0.3 is 9.13 Å². The van der Waals surface area contributed by atoms with E-state index in [1.54, 1.807) is 0 Å². The lowest BCUT2D eigenvalue weighted by Gasteiger charge is -2.25. The molecular weight excluding hydrogens is 460 g/mol. The van der Waals surface area contributed by atoms with Gasteiger partial charge in [0, 0.05) is 38.5 Å². The molecular formula is C36H32N2. The number of aromatic nitrogens is 2. The normalized spacial score (nSPS) is 12.3. The first-order chi connectivity index (χ1) is 18.3. The molecule has 7 aromatic rings. The maximum atomic E-state index is 2.49. The van der Waals surface area contributed by atoms with Crippen LogP contribution in [0.5, 0.6) is 0 Å². The topological polar surface area (TPSA) is 9.86 Å². The van der Waals surface area contributed by atoms with Crippen LogP contribution in [0.2, 0.25) is 0 Å². The second kappa shape index (κ2) is 8.10. The molecule has 186 valence electrons. The van der Waals surface area contributed by atoms with Gasteiger partial charge in [0.15, 0.2) is 0 Å². The van der Waals surface area contributed by atoms with Crippen LogP contribution in [0.3, 0.4) is 0 Å². The third kappa shape index (κ3) is 3.26. The number of fused-ring (bicyclic) bond motifs is 6. The Bertz CT molecular complexity index is 1850. The first kappa shape index (κ1) is 22.9. The van der Waals surface area contributed by atoms with Crippen LogP contribution < -0.4 is 0 Å². The van der Waals surface area contributed by atoms with Crippen LogP contribution >= 0.6 is 0 Å². The number of aryl methyl sites for hydroxylation is 2. The van der Waals surface area contributed by atoms with E-state index >= 15 is 0 Å². The fourth-order valence-corrected chi connectivity index (χ4v) is 6.21. The molecule has 2 heteroatoms. The quantitative estimate of drug-likeness (QED) is 0.227. The Labute approximate surface area is 223 Å². The molecule has 7 rings (SSSR count). The molecule has 0 saturated carbocycles. The zero-order valence-electron chi connectivity index (χ0n) is 22.7. The van der Waals surface area contributed by atoms with Gasteiger partial charge in [0.05, 0.1) is 22.1 Å². The van der Waals surface area contributed by atoms with Crippen LogP contribution in [0.15, 0.2) is 103 Å². The van der Waals surface area contributed by atoms with Crippen molar-refractivity contribution in [3.05, 3.63) is 120 Å².